The van der Waals surface area contributed by atoms with Gasteiger partial charge in [0.05, 0.1) is 12.7 Å². The van der Waals surface area contributed by atoms with Crippen molar-refractivity contribution in [2.24, 2.45) is 5.73 Å². The summed E-state index contributed by atoms with van der Waals surface area (Å²) in [5.41, 5.74) is 5.21. The molecule has 0 aliphatic carbocycles. The maximum atomic E-state index is 11.3. The van der Waals surface area contributed by atoms with Crippen LogP contribution in [0.4, 0.5) is 0 Å². The van der Waals surface area contributed by atoms with Gasteiger partial charge in [0.15, 0.2) is 0 Å². The predicted molar refractivity (Wildman–Crippen MR) is 62.2 cm³/mol. The molecule has 0 bridgehead atoms. The first-order valence-corrected chi connectivity index (χ1v) is 5.50. The summed E-state index contributed by atoms with van der Waals surface area (Å²) in [6, 6.07) is 0. The average Bonchev–Trinajstić information content (AvgIpc) is 2.31. The van der Waals surface area contributed by atoms with Crippen LogP contribution in [0.3, 0.4) is 0 Å². The van der Waals surface area contributed by atoms with Crippen molar-refractivity contribution in [1.29, 1.82) is 0 Å². The van der Waals surface area contributed by atoms with E-state index in [1.54, 1.807) is 0 Å². The molecule has 0 heterocycles. The van der Waals surface area contributed by atoms with Gasteiger partial charge in [0, 0.05) is 39.6 Å². The highest BCUT2D eigenvalue weighted by Gasteiger charge is 2.08. The summed E-state index contributed by atoms with van der Waals surface area (Å²) in [7, 11) is 1.47. The van der Waals surface area contributed by atoms with Crippen LogP contribution in [0.25, 0.3) is 0 Å². The summed E-state index contributed by atoms with van der Waals surface area (Å²) in [4.78, 5) is 22.4. The van der Waals surface area contributed by atoms with E-state index in [0.29, 0.717) is 13.1 Å². The molecule has 0 spiro atoms. The molecular weight excluding hydrogens is 226 g/mol. The van der Waals surface area contributed by atoms with E-state index in [9.17, 15) is 14.7 Å². The smallest absolute Gasteiger partial charge is 0.220 e. The third kappa shape index (κ3) is 9.73. The summed E-state index contributed by atoms with van der Waals surface area (Å²) < 4.78 is 4.70. The van der Waals surface area contributed by atoms with Crippen LogP contribution in [0.5, 0.6) is 0 Å². The van der Waals surface area contributed by atoms with E-state index < -0.39 is 6.10 Å². The molecule has 0 aromatic heterocycles. The van der Waals surface area contributed by atoms with Gasteiger partial charge in [0.1, 0.15) is 0 Å². The van der Waals surface area contributed by atoms with Crippen molar-refractivity contribution in [3.05, 3.63) is 0 Å². The van der Waals surface area contributed by atoms with Crippen LogP contribution in [-0.2, 0) is 14.3 Å². The normalized spacial score (nSPS) is 11.9. The third-order valence-electron chi connectivity index (χ3n) is 1.94. The monoisotopic (exact) mass is 247 g/mol. The van der Waals surface area contributed by atoms with Crippen molar-refractivity contribution in [3.63, 3.8) is 0 Å². The fraction of sp³-hybridized carbons (Fsp3) is 0.800. The molecule has 0 fully saturated rings. The number of rotatable bonds is 9. The number of hydrogen-bond donors (Lipinski definition) is 4. The van der Waals surface area contributed by atoms with E-state index in [1.165, 1.54) is 7.11 Å². The molecule has 7 heteroatoms. The van der Waals surface area contributed by atoms with E-state index >= 15 is 0 Å². The van der Waals surface area contributed by atoms with Gasteiger partial charge < -0.3 is 26.2 Å². The summed E-state index contributed by atoms with van der Waals surface area (Å²) >= 11 is 0. The molecule has 1 atom stereocenters. The molecule has 1 unspecified atom stereocenters. The van der Waals surface area contributed by atoms with E-state index in [4.69, 9.17) is 10.5 Å². The van der Waals surface area contributed by atoms with Crippen molar-refractivity contribution < 1.29 is 19.4 Å². The first-order chi connectivity index (χ1) is 8.10. The lowest BCUT2D eigenvalue weighted by molar-refractivity contribution is -0.126. The molecule has 0 saturated carbocycles. The molecule has 0 saturated heterocycles. The summed E-state index contributed by atoms with van der Waals surface area (Å²) in [5, 5.41) is 14.3. The van der Waals surface area contributed by atoms with E-state index in [1.807, 2.05) is 0 Å². The Bertz CT molecular complexity index is 236. The fourth-order valence-electron chi connectivity index (χ4n) is 1.10. The number of ether oxygens (including phenoxy) is 1. The summed E-state index contributed by atoms with van der Waals surface area (Å²) in [6.07, 6.45) is -0.516. The zero-order valence-electron chi connectivity index (χ0n) is 10.1. The molecule has 0 aromatic carbocycles. The number of carbonyl (C=O) groups is 2. The quantitative estimate of drug-likeness (QED) is 0.375. The summed E-state index contributed by atoms with van der Waals surface area (Å²) in [6.45, 7) is 1.07. The SMILES string of the molecule is COCC(O)CNC(=O)CCC(=O)NCCN. The minimum absolute atomic E-state index is 0.0934. The zero-order chi connectivity index (χ0) is 13.1. The maximum Gasteiger partial charge on any atom is 0.220 e. The summed E-state index contributed by atoms with van der Waals surface area (Å²) in [5.74, 6) is -0.480. The standard InChI is InChI=1S/C10H21N3O4/c1-17-7-8(14)6-13-10(16)3-2-9(15)12-5-4-11/h8,14H,2-7,11H2,1H3,(H,12,15)(H,13,16). The van der Waals surface area contributed by atoms with Crippen LogP contribution < -0.4 is 16.4 Å². The van der Waals surface area contributed by atoms with Crippen LogP contribution in [0, 0.1) is 0 Å². The van der Waals surface area contributed by atoms with Gasteiger partial charge in [0.2, 0.25) is 11.8 Å². The molecule has 5 N–H and O–H groups in total. The molecular formula is C10H21N3O4. The number of carbonyl (C=O) groups excluding carboxylic acids is 2. The molecule has 0 rings (SSSR count). The second-order valence-electron chi connectivity index (χ2n) is 3.55. The first-order valence-electron chi connectivity index (χ1n) is 5.50. The number of nitrogens with one attached hydrogen (secondary N) is 2. The number of hydrogen-bond acceptors (Lipinski definition) is 5. The Hall–Kier alpha value is -1.18. The molecule has 2 amide bonds. The minimum atomic E-state index is -0.727. The van der Waals surface area contributed by atoms with Crippen LogP contribution in [0.1, 0.15) is 12.8 Å². The Balaban J connectivity index is 3.55. The molecule has 0 aromatic rings. The first kappa shape index (κ1) is 15.8. The van der Waals surface area contributed by atoms with Gasteiger partial charge in [-0.15, -0.1) is 0 Å². The number of amides is 2. The maximum absolute atomic E-state index is 11.3. The highest BCUT2D eigenvalue weighted by atomic mass is 16.5. The number of nitrogens with two attached hydrogens (primary N) is 1. The molecule has 7 nitrogen and oxygen atoms in total. The van der Waals surface area contributed by atoms with E-state index in [0.717, 1.165) is 0 Å². The Morgan fingerprint density at radius 1 is 1.29 bits per heavy atom. The van der Waals surface area contributed by atoms with E-state index in [2.05, 4.69) is 10.6 Å². The second-order valence-corrected chi connectivity index (χ2v) is 3.55. The van der Waals surface area contributed by atoms with Gasteiger partial charge in [-0.3, -0.25) is 9.59 Å². The van der Waals surface area contributed by atoms with Gasteiger partial charge in [-0.2, -0.15) is 0 Å². The second kappa shape index (κ2) is 10.0. The molecule has 0 aliphatic heterocycles. The number of aliphatic hydroxyl groups is 1. The van der Waals surface area contributed by atoms with Gasteiger partial charge >= 0.3 is 0 Å². The third-order valence-corrected chi connectivity index (χ3v) is 1.94. The fourth-order valence-corrected chi connectivity index (χ4v) is 1.10. The van der Waals surface area contributed by atoms with Gasteiger partial charge in [-0.05, 0) is 0 Å². The van der Waals surface area contributed by atoms with E-state index in [-0.39, 0.29) is 37.8 Å². The lowest BCUT2D eigenvalue weighted by Gasteiger charge is -2.10. The largest absolute Gasteiger partial charge is 0.389 e. The van der Waals surface area contributed by atoms with Crippen LogP contribution in [0.2, 0.25) is 0 Å². The zero-order valence-corrected chi connectivity index (χ0v) is 10.1. The molecule has 100 valence electrons. The lowest BCUT2D eigenvalue weighted by atomic mass is 10.2. The van der Waals surface area contributed by atoms with Crippen molar-refractivity contribution in [2.75, 3.05) is 33.4 Å². The van der Waals surface area contributed by atoms with Gasteiger partial charge in [0.25, 0.3) is 0 Å². The van der Waals surface area contributed by atoms with Crippen LogP contribution in [0.15, 0.2) is 0 Å². The Labute approximate surface area is 101 Å². The van der Waals surface area contributed by atoms with Crippen LogP contribution >= 0.6 is 0 Å². The highest BCUT2D eigenvalue weighted by Crippen LogP contribution is 1.90. The highest BCUT2D eigenvalue weighted by molar-refractivity contribution is 5.83. The predicted octanol–water partition coefficient (Wildman–Crippen LogP) is -2.03. The Morgan fingerprint density at radius 3 is 2.41 bits per heavy atom. The Kier molecular flexibility index (Phi) is 9.31. The molecule has 17 heavy (non-hydrogen) atoms. The van der Waals surface area contributed by atoms with Crippen molar-refractivity contribution in [2.45, 2.75) is 18.9 Å². The average molecular weight is 247 g/mol. The van der Waals surface area contributed by atoms with Crippen molar-refractivity contribution in [1.82, 2.24) is 10.6 Å². The Morgan fingerprint density at radius 2 is 1.88 bits per heavy atom. The van der Waals surface area contributed by atoms with Gasteiger partial charge in [-0.25, -0.2) is 0 Å². The van der Waals surface area contributed by atoms with Crippen molar-refractivity contribution >= 4 is 11.8 Å². The minimum Gasteiger partial charge on any atom is -0.389 e. The van der Waals surface area contributed by atoms with Gasteiger partial charge in [-0.1, -0.05) is 0 Å². The number of methoxy groups -OCH3 is 1. The topological polar surface area (TPSA) is 114 Å². The lowest BCUT2D eigenvalue weighted by Crippen LogP contribution is -2.35. The van der Waals surface area contributed by atoms with Crippen molar-refractivity contribution in [3.8, 4) is 0 Å². The molecule has 0 aliphatic rings. The number of aliphatic hydroxyl groups excluding tert-OH is 1. The van der Waals surface area contributed by atoms with Crippen LogP contribution in [-0.4, -0.2) is 56.4 Å². The molecule has 0 radical (unpaired) electrons.